The second-order valence-electron chi connectivity index (χ2n) is 5.03. The van der Waals surface area contributed by atoms with E-state index in [9.17, 15) is 4.79 Å². The van der Waals surface area contributed by atoms with E-state index in [1.165, 1.54) is 12.5 Å². The number of anilines is 1. The van der Waals surface area contributed by atoms with Gasteiger partial charge in [0.15, 0.2) is 11.5 Å². The molecule has 2 aromatic rings. The van der Waals surface area contributed by atoms with Crippen LogP contribution in [0.1, 0.15) is 37.2 Å². The highest BCUT2D eigenvalue weighted by molar-refractivity contribution is 6.33. The number of ether oxygens (including phenoxy) is 2. The van der Waals surface area contributed by atoms with Gasteiger partial charge < -0.3 is 14.8 Å². The van der Waals surface area contributed by atoms with E-state index in [0.29, 0.717) is 30.4 Å². The van der Waals surface area contributed by atoms with Crippen LogP contribution in [0.4, 0.5) is 5.69 Å². The third-order valence-corrected chi connectivity index (χ3v) is 3.28. The van der Waals surface area contributed by atoms with Gasteiger partial charge in [-0.25, -0.2) is 9.97 Å². The molecule has 1 aromatic heterocycles. The van der Waals surface area contributed by atoms with E-state index in [2.05, 4.69) is 15.3 Å². The molecule has 0 fully saturated rings. The van der Waals surface area contributed by atoms with Crippen LogP contribution >= 0.6 is 11.6 Å². The van der Waals surface area contributed by atoms with E-state index < -0.39 is 5.91 Å². The van der Waals surface area contributed by atoms with Gasteiger partial charge in [0.2, 0.25) is 0 Å². The lowest BCUT2D eigenvalue weighted by Gasteiger charge is -2.14. The van der Waals surface area contributed by atoms with Crippen molar-refractivity contribution in [2.45, 2.75) is 26.7 Å². The second kappa shape index (κ2) is 9.08. The first-order valence-electron chi connectivity index (χ1n) is 7.82. The highest BCUT2D eigenvalue weighted by atomic mass is 35.5. The van der Waals surface area contributed by atoms with Crippen molar-refractivity contribution in [1.29, 1.82) is 0 Å². The quantitative estimate of drug-likeness (QED) is 0.780. The number of carbonyl (C=O) groups is 1. The molecule has 0 aliphatic heterocycles. The van der Waals surface area contributed by atoms with Gasteiger partial charge in [0.1, 0.15) is 12.0 Å². The molecular weight excluding hydrogens is 330 g/mol. The van der Waals surface area contributed by atoms with E-state index >= 15 is 0 Å². The van der Waals surface area contributed by atoms with Crippen molar-refractivity contribution in [3.63, 3.8) is 0 Å². The van der Waals surface area contributed by atoms with E-state index in [1.54, 1.807) is 18.2 Å². The van der Waals surface area contributed by atoms with E-state index in [0.717, 1.165) is 12.8 Å². The fourth-order valence-corrected chi connectivity index (χ4v) is 2.10. The maximum atomic E-state index is 12.3. The van der Waals surface area contributed by atoms with E-state index in [1.807, 2.05) is 13.8 Å². The minimum Gasteiger partial charge on any atom is -0.490 e. The number of benzene rings is 1. The average Bonchev–Trinajstić information content (AvgIpc) is 2.59. The maximum Gasteiger partial charge on any atom is 0.275 e. The minimum absolute atomic E-state index is 0.119. The summed E-state index contributed by atoms with van der Waals surface area (Å²) >= 11 is 5.94. The van der Waals surface area contributed by atoms with Crippen molar-refractivity contribution in [3.8, 4) is 11.5 Å². The fourth-order valence-electron chi connectivity index (χ4n) is 1.91. The molecule has 1 heterocycles. The van der Waals surface area contributed by atoms with Crippen LogP contribution in [0.25, 0.3) is 0 Å². The molecule has 6 nitrogen and oxygen atoms in total. The Balaban J connectivity index is 2.17. The monoisotopic (exact) mass is 349 g/mol. The van der Waals surface area contributed by atoms with E-state index in [-0.39, 0.29) is 10.7 Å². The number of hydrogen-bond acceptors (Lipinski definition) is 5. The average molecular weight is 350 g/mol. The van der Waals surface area contributed by atoms with Crippen LogP contribution in [0.2, 0.25) is 5.02 Å². The van der Waals surface area contributed by atoms with Crippen LogP contribution in [0, 0.1) is 0 Å². The lowest BCUT2D eigenvalue weighted by atomic mass is 10.2. The molecule has 0 spiro atoms. The van der Waals surface area contributed by atoms with Crippen LogP contribution < -0.4 is 14.8 Å². The summed E-state index contributed by atoms with van der Waals surface area (Å²) in [6.45, 7) is 5.23. The van der Waals surface area contributed by atoms with Gasteiger partial charge in [-0.1, -0.05) is 25.4 Å². The second-order valence-corrected chi connectivity index (χ2v) is 5.44. The summed E-state index contributed by atoms with van der Waals surface area (Å²) in [7, 11) is 0. The first kappa shape index (κ1) is 18.0. The largest absolute Gasteiger partial charge is 0.490 e. The Morgan fingerprint density at radius 2 is 1.88 bits per heavy atom. The molecule has 0 bridgehead atoms. The summed E-state index contributed by atoms with van der Waals surface area (Å²) in [6.07, 6.45) is 4.43. The van der Waals surface area contributed by atoms with Gasteiger partial charge in [0.05, 0.1) is 18.2 Å². The number of nitrogens with zero attached hydrogens (tertiary/aromatic N) is 2. The van der Waals surface area contributed by atoms with Crippen LogP contribution in [-0.2, 0) is 0 Å². The molecule has 0 aliphatic carbocycles. The van der Waals surface area contributed by atoms with Crippen LogP contribution in [0.3, 0.4) is 0 Å². The number of rotatable bonds is 8. The number of carbonyl (C=O) groups excluding carboxylic acids is 1. The number of amides is 1. The topological polar surface area (TPSA) is 73.3 Å². The molecular formula is C17H20ClN3O3. The Labute approximate surface area is 146 Å². The van der Waals surface area contributed by atoms with Crippen molar-refractivity contribution < 1.29 is 14.3 Å². The predicted molar refractivity (Wildman–Crippen MR) is 93.0 cm³/mol. The third-order valence-electron chi connectivity index (χ3n) is 3.01. The van der Waals surface area contributed by atoms with Gasteiger partial charge in [-0.05, 0) is 25.0 Å². The van der Waals surface area contributed by atoms with Gasteiger partial charge in [0.25, 0.3) is 5.91 Å². The van der Waals surface area contributed by atoms with Crippen LogP contribution in [-0.4, -0.2) is 29.1 Å². The molecule has 7 heteroatoms. The molecule has 0 saturated carbocycles. The summed E-state index contributed by atoms with van der Waals surface area (Å²) in [5.74, 6) is 0.839. The lowest BCUT2D eigenvalue weighted by Crippen LogP contribution is -2.14. The van der Waals surface area contributed by atoms with E-state index in [4.69, 9.17) is 21.1 Å². The molecule has 0 unspecified atom stereocenters. The maximum absolute atomic E-state index is 12.3. The summed E-state index contributed by atoms with van der Waals surface area (Å²) < 4.78 is 11.4. The van der Waals surface area contributed by atoms with Gasteiger partial charge in [0, 0.05) is 18.0 Å². The number of aromatic nitrogens is 2. The summed E-state index contributed by atoms with van der Waals surface area (Å²) in [4.78, 5) is 19.9. The van der Waals surface area contributed by atoms with Gasteiger partial charge in [-0.3, -0.25) is 4.79 Å². The molecule has 0 atom stereocenters. The Morgan fingerprint density at radius 3 is 2.54 bits per heavy atom. The van der Waals surface area contributed by atoms with Crippen molar-refractivity contribution in [1.82, 2.24) is 9.97 Å². The third kappa shape index (κ3) is 4.83. The van der Waals surface area contributed by atoms with Gasteiger partial charge in [-0.2, -0.15) is 0 Å². The van der Waals surface area contributed by atoms with Crippen molar-refractivity contribution in [2.24, 2.45) is 0 Å². The molecule has 1 N–H and O–H groups in total. The molecule has 2 rings (SSSR count). The number of halogens is 1. The highest BCUT2D eigenvalue weighted by Gasteiger charge is 2.14. The van der Waals surface area contributed by atoms with Crippen molar-refractivity contribution >= 4 is 23.2 Å². The fraction of sp³-hybridized carbons (Fsp3) is 0.353. The molecule has 0 saturated heterocycles. The van der Waals surface area contributed by atoms with Crippen LogP contribution in [0.5, 0.6) is 11.5 Å². The first-order valence-corrected chi connectivity index (χ1v) is 8.20. The lowest BCUT2D eigenvalue weighted by molar-refractivity contribution is 0.102. The summed E-state index contributed by atoms with van der Waals surface area (Å²) in [6, 6.07) is 5.25. The van der Waals surface area contributed by atoms with Gasteiger partial charge >= 0.3 is 0 Å². The zero-order chi connectivity index (χ0) is 17.4. The predicted octanol–water partition coefficient (Wildman–Crippen LogP) is 3.96. The number of nitrogens with one attached hydrogen (secondary N) is 1. The minimum atomic E-state index is -0.411. The molecule has 1 amide bonds. The summed E-state index contributed by atoms with van der Waals surface area (Å²) in [5, 5.41) is 2.94. The molecule has 0 aliphatic rings. The van der Waals surface area contributed by atoms with Gasteiger partial charge in [-0.15, -0.1) is 0 Å². The molecule has 24 heavy (non-hydrogen) atoms. The summed E-state index contributed by atoms with van der Waals surface area (Å²) in [5.41, 5.74) is 0.693. The smallest absolute Gasteiger partial charge is 0.275 e. The van der Waals surface area contributed by atoms with Crippen molar-refractivity contribution in [3.05, 3.63) is 41.4 Å². The molecule has 1 aromatic carbocycles. The highest BCUT2D eigenvalue weighted by Crippen LogP contribution is 2.31. The number of hydrogen-bond donors (Lipinski definition) is 1. The first-order chi connectivity index (χ1) is 11.7. The Kier molecular flexibility index (Phi) is 6.81. The zero-order valence-electron chi connectivity index (χ0n) is 13.7. The normalized spacial score (nSPS) is 10.3. The Hall–Kier alpha value is -2.34. The standard InChI is InChI=1S/C17H20ClN3O3/c1-3-7-23-14-6-5-12(9-15(14)24-8-4-2)21-17(22)16-13(18)10-19-11-20-16/h5-6,9-11H,3-4,7-8H2,1-2H3,(H,21,22). The zero-order valence-corrected chi connectivity index (χ0v) is 14.5. The SMILES string of the molecule is CCCOc1ccc(NC(=O)c2ncncc2Cl)cc1OCCC. The molecule has 0 radical (unpaired) electrons. The molecule has 128 valence electrons. The Bertz CT molecular complexity index is 695. The van der Waals surface area contributed by atoms with Crippen LogP contribution in [0.15, 0.2) is 30.7 Å². The van der Waals surface area contributed by atoms with Crippen molar-refractivity contribution in [2.75, 3.05) is 18.5 Å². The Morgan fingerprint density at radius 1 is 1.17 bits per heavy atom.